The van der Waals surface area contributed by atoms with Crippen LogP contribution in [-0.2, 0) is 33.2 Å². The Morgan fingerprint density at radius 3 is 1.04 bits per heavy atom. The smallest absolute Gasteiger partial charge is 0.220 e. The lowest BCUT2D eigenvalue weighted by molar-refractivity contribution is -0.379. The van der Waals surface area contributed by atoms with Crippen LogP contribution in [0, 0.1) is 0 Å². The molecule has 19 heteroatoms. The van der Waals surface area contributed by atoms with Gasteiger partial charge in [-0.3, -0.25) is 4.79 Å². The van der Waals surface area contributed by atoms with Gasteiger partial charge in [-0.25, -0.2) is 0 Å². The van der Waals surface area contributed by atoms with Crippen molar-refractivity contribution in [3.8, 4) is 0 Å². The number of amides is 1. The van der Waals surface area contributed by atoms with Crippen LogP contribution in [0.5, 0.6) is 0 Å². The van der Waals surface area contributed by atoms with E-state index in [1.54, 1.807) is 6.08 Å². The number of hydrogen-bond acceptors (Lipinski definition) is 18. The lowest BCUT2D eigenvalue weighted by Crippen LogP contribution is -2.66. The van der Waals surface area contributed by atoms with Crippen molar-refractivity contribution in [2.24, 2.45) is 0 Å². The summed E-state index contributed by atoms with van der Waals surface area (Å²) in [6.45, 7) is 1.66. The van der Waals surface area contributed by atoms with Crippen molar-refractivity contribution in [3.05, 3.63) is 12.2 Å². The van der Waals surface area contributed by atoms with Gasteiger partial charge in [0, 0.05) is 6.42 Å². The molecule has 0 bridgehead atoms. The molecule has 17 unspecified atom stereocenters. The van der Waals surface area contributed by atoms with Crippen LogP contribution in [-0.4, -0.2) is 193 Å². The van der Waals surface area contributed by atoms with Gasteiger partial charge in [-0.05, 0) is 19.3 Å². The molecule has 0 aromatic carbocycles. The maximum absolute atomic E-state index is 13.3. The number of allylic oxidation sites excluding steroid dienone is 1. The number of unbranched alkanes of at least 4 members (excludes halogenated alkanes) is 42. The van der Waals surface area contributed by atoms with Crippen molar-refractivity contribution >= 4 is 5.91 Å². The molecule has 17 atom stereocenters. The molecule has 1 amide bonds. The molecule has 3 aliphatic rings. The maximum Gasteiger partial charge on any atom is 0.220 e. The molecule has 12 N–H and O–H groups in total. The molecule has 0 spiro atoms. The minimum absolute atomic E-state index is 0.248. The van der Waals surface area contributed by atoms with Crippen molar-refractivity contribution in [3.63, 3.8) is 0 Å². The molecular formula is C71H135NO18. The van der Waals surface area contributed by atoms with Gasteiger partial charge in [0.05, 0.1) is 38.6 Å². The second-order valence-corrected chi connectivity index (χ2v) is 26.8. The normalized spacial score (nSPS) is 28.0. The predicted octanol–water partition coefficient (Wildman–Crippen LogP) is 10.4. The van der Waals surface area contributed by atoms with E-state index in [-0.39, 0.29) is 18.9 Å². The predicted molar refractivity (Wildman–Crippen MR) is 351 cm³/mol. The molecule has 3 rings (SSSR count). The second kappa shape index (κ2) is 53.6. The molecule has 19 nitrogen and oxygen atoms in total. The van der Waals surface area contributed by atoms with E-state index >= 15 is 0 Å². The van der Waals surface area contributed by atoms with Crippen LogP contribution < -0.4 is 5.32 Å². The maximum atomic E-state index is 13.3. The minimum atomic E-state index is -1.97. The third-order valence-electron chi connectivity index (χ3n) is 18.8. The summed E-state index contributed by atoms with van der Waals surface area (Å²) in [6, 6.07) is -0.965. The summed E-state index contributed by atoms with van der Waals surface area (Å²) in [6.07, 6.45) is 34.6. The van der Waals surface area contributed by atoms with Crippen molar-refractivity contribution in [1.29, 1.82) is 0 Å². The van der Waals surface area contributed by atoms with Crippen LogP contribution in [0.25, 0.3) is 0 Å². The molecule has 90 heavy (non-hydrogen) atoms. The van der Waals surface area contributed by atoms with Crippen molar-refractivity contribution in [2.75, 3.05) is 26.4 Å². The van der Waals surface area contributed by atoms with Crippen molar-refractivity contribution in [1.82, 2.24) is 5.32 Å². The van der Waals surface area contributed by atoms with Crippen molar-refractivity contribution < 1.29 is 89.4 Å². The zero-order valence-electron chi connectivity index (χ0n) is 56.4. The van der Waals surface area contributed by atoms with E-state index in [0.717, 1.165) is 51.4 Å². The van der Waals surface area contributed by atoms with Gasteiger partial charge in [0.25, 0.3) is 0 Å². The highest BCUT2D eigenvalue weighted by atomic mass is 16.8. The van der Waals surface area contributed by atoms with E-state index < -0.39 is 124 Å². The van der Waals surface area contributed by atoms with E-state index in [1.807, 2.05) is 6.08 Å². The Labute approximate surface area is 544 Å². The Morgan fingerprint density at radius 2 is 0.689 bits per heavy atom. The average Bonchev–Trinajstić information content (AvgIpc) is 2.33. The van der Waals surface area contributed by atoms with E-state index in [0.29, 0.717) is 6.42 Å². The highest BCUT2D eigenvalue weighted by Gasteiger charge is 2.53. The van der Waals surface area contributed by atoms with E-state index in [4.69, 9.17) is 28.4 Å². The fourth-order valence-electron chi connectivity index (χ4n) is 12.8. The van der Waals surface area contributed by atoms with Gasteiger partial charge in [-0.15, -0.1) is 0 Å². The minimum Gasteiger partial charge on any atom is -0.394 e. The Bertz CT molecular complexity index is 1680. The summed E-state index contributed by atoms with van der Waals surface area (Å²) in [5.74, 6) is -0.275. The first-order valence-electron chi connectivity index (χ1n) is 36.9. The molecule has 0 aromatic heterocycles. The number of aliphatic hydroxyl groups excluding tert-OH is 11. The largest absolute Gasteiger partial charge is 0.394 e. The van der Waals surface area contributed by atoms with E-state index in [2.05, 4.69) is 19.2 Å². The number of ether oxygens (including phenoxy) is 6. The first-order chi connectivity index (χ1) is 43.8. The lowest BCUT2D eigenvalue weighted by Gasteiger charge is -2.48. The van der Waals surface area contributed by atoms with Gasteiger partial charge in [-0.1, -0.05) is 289 Å². The van der Waals surface area contributed by atoms with Gasteiger partial charge in [0.15, 0.2) is 18.9 Å². The zero-order valence-corrected chi connectivity index (χ0v) is 56.4. The topological polar surface area (TPSA) is 307 Å². The molecule has 3 saturated heterocycles. The zero-order chi connectivity index (χ0) is 65.4. The number of carbonyl (C=O) groups is 1. The van der Waals surface area contributed by atoms with Gasteiger partial charge in [0.1, 0.15) is 73.2 Å². The SMILES string of the molecule is CCCCCC/C=C/C(O)C(COC1OC(CO)C(OC2OC(CO)C(OC3OC(CO)C(O)C(O)C3O)C(O)C2O)C(O)C1O)NC(=O)CCCCCCCCCCCCCCCCCCCCCCCCCCCCCCCCCCCCCCCCC. The van der Waals surface area contributed by atoms with Crippen LogP contribution in [0.1, 0.15) is 303 Å². The highest BCUT2D eigenvalue weighted by molar-refractivity contribution is 5.76. The van der Waals surface area contributed by atoms with Gasteiger partial charge >= 0.3 is 0 Å². The van der Waals surface area contributed by atoms with Crippen LogP contribution in [0.4, 0.5) is 0 Å². The Morgan fingerprint density at radius 1 is 0.389 bits per heavy atom. The van der Waals surface area contributed by atoms with E-state index in [9.17, 15) is 61.0 Å². The Hall–Kier alpha value is -1.47. The molecule has 3 fully saturated rings. The Kier molecular flexibility index (Phi) is 49.3. The summed E-state index contributed by atoms with van der Waals surface area (Å²) in [5.41, 5.74) is 0. The molecular weight excluding hydrogens is 1150 g/mol. The fourth-order valence-corrected chi connectivity index (χ4v) is 12.8. The third kappa shape index (κ3) is 35.0. The molecule has 0 aliphatic carbocycles. The van der Waals surface area contributed by atoms with Gasteiger partial charge < -0.3 is 89.9 Å². The summed E-state index contributed by atoms with van der Waals surface area (Å²) < 4.78 is 34.2. The number of rotatable bonds is 58. The molecule has 0 saturated carbocycles. The summed E-state index contributed by atoms with van der Waals surface area (Å²) >= 11 is 0. The average molecular weight is 1290 g/mol. The quantitative estimate of drug-likeness (QED) is 0.0199. The first kappa shape index (κ1) is 82.8. The highest BCUT2D eigenvalue weighted by Crippen LogP contribution is 2.33. The first-order valence-corrected chi connectivity index (χ1v) is 36.9. The lowest BCUT2D eigenvalue weighted by atomic mass is 9.96. The van der Waals surface area contributed by atoms with Crippen LogP contribution in [0.15, 0.2) is 12.2 Å². The fraction of sp³-hybridized carbons (Fsp3) is 0.958. The summed E-state index contributed by atoms with van der Waals surface area (Å²) in [7, 11) is 0. The third-order valence-corrected chi connectivity index (χ3v) is 18.8. The number of nitrogens with one attached hydrogen (secondary N) is 1. The molecule has 532 valence electrons. The molecule has 0 radical (unpaired) electrons. The summed E-state index contributed by atoms with van der Waals surface area (Å²) in [5, 5.41) is 120. The number of aliphatic hydroxyl groups is 11. The molecule has 0 aromatic rings. The summed E-state index contributed by atoms with van der Waals surface area (Å²) in [4.78, 5) is 13.3. The monoisotopic (exact) mass is 1290 g/mol. The van der Waals surface area contributed by atoms with Crippen LogP contribution in [0.2, 0.25) is 0 Å². The van der Waals surface area contributed by atoms with Crippen LogP contribution in [0.3, 0.4) is 0 Å². The number of hydrogen-bond donors (Lipinski definition) is 12. The van der Waals surface area contributed by atoms with E-state index in [1.165, 1.54) is 225 Å². The molecule has 3 aliphatic heterocycles. The van der Waals surface area contributed by atoms with Crippen LogP contribution >= 0.6 is 0 Å². The second-order valence-electron chi connectivity index (χ2n) is 26.8. The standard InChI is InChI=1S/C71H135NO18/c1-3-5-7-9-11-12-13-14-15-16-17-18-19-20-21-22-23-24-25-26-27-28-29-30-31-32-33-34-35-36-37-38-39-40-41-42-43-45-47-49-59(77)72-54(55(76)48-46-44-10-8-6-4-2)53-85-69-65(83)62(80)67(57(51-74)87-69)90-71-66(84)63(81)68(58(52-75)88-71)89-70-64(82)61(79)60(78)56(50-73)86-70/h46,48,54-58,60-71,73-76,78-84H,3-45,47,49-53H2,1-2H3,(H,72,77)/b48-46+. The molecule has 3 heterocycles. The van der Waals surface area contributed by atoms with Gasteiger partial charge in [-0.2, -0.15) is 0 Å². The Balaban J connectivity index is 1.21. The number of carbonyl (C=O) groups excluding carboxylic acids is 1. The van der Waals surface area contributed by atoms with Crippen molar-refractivity contribution in [2.45, 2.75) is 407 Å². The van der Waals surface area contributed by atoms with Gasteiger partial charge in [0.2, 0.25) is 5.91 Å².